The van der Waals surface area contributed by atoms with Crippen LogP contribution < -0.4 is 14.8 Å². The molecule has 146 valence electrons. The number of hydrogen-bond acceptors (Lipinski definition) is 5. The molecule has 9 heteroatoms. The topological polar surface area (TPSA) is 73.6 Å². The zero-order chi connectivity index (χ0) is 19.7. The molecule has 1 atom stereocenters. The lowest BCUT2D eigenvalue weighted by atomic mass is 10.0. The first-order valence-electron chi connectivity index (χ1n) is 8.55. The molecule has 0 aliphatic carbocycles. The van der Waals surface area contributed by atoms with E-state index in [9.17, 15) is 18.0 Å². The first-order chi connectivity index (χ1) is 13.4. The van der Waals surface area contributed by atoms with E-state index in [-0.39, 0.29) is 24.3 Å². The number of nitrogens with zero attached hydrogens (tertiary/aromatic N) is 1. The van der Waals surface area contributed by atoms with Crippen molar-refractivity contribution in [2.75, 3.05) is 6.61 Å². The summed E-state index contributed by atoms with van der Waals surface area (Å²) in [5.74, 6) is 0.0128. The molecule has 1 aromatic heterocycles. The molecule has 4 rings (SSSR count). The van der Waals surface area contributed by atoms with Crippen LogP contribution in [0.15, 0.2) is 47.0 Å². The van der Waals surface area contributed by atoms with Crippen LogP contribution in [0.1, 0.15) is 12.8 Å². The summed E-state index contributed by atoms with van der Waals surface area (Å²) < 4.78 is 51.7. The molecule has 1 aliphatic rings. The summed E-state index contributed by atoms with van der Waals surface area (Å²) >= 11 is 0. The molecule has 0 spiro atoms. The quantitative estimate of drug-likeness (QED) is 0.709. The molecular formula is C19H15F3N2O4. The molecule has 1 aliphatic heterocycles. The molecule has 1 N–H and O–H groups in total. The maximum atomic E-state index is 12.3. The Bertz CT molecular complexity index is 999. The molecule has 3 aromatic rings. The van der Waals surface area contributed by atoms with E-state index in [2.05, 4.69) is 15.2 Å². The fourth-order valence-corrected chi connectivity index (χ4v) is 3.03. The smallest absolute Gasteiger partial charge is 0.473 e. The molecule has 0 radical (unpaired) electrons. The summed E-state index contributed by atoms with van der Waals surface area (Å²) in [4.78, 5) is 11.3. The number of aromatic nitrogens is 1. The van der Waals surface area contributed by atoms with Crippen molar-refractivity contribution in [1.29, 1.82) is 0 Å². The van der Waals surface area contributed by atoms with E-state index in [0.29, 0.717) is 35.3 Å². The first kappa shape index (κ1) is 18.1. The number of hydrogen-bond donors (Lipinski definition) is 1. The zero-order valence-electron chi connectivity index (χ0n) is 14.5. The number of fused-ring (bicyclic) bond motifs is 1. The van der Waals surface area contributed by atoms with Gasteiger partial charge in [0, 0.05) is 6.42 Å². The highest BCUT2D eigenvalue weighted by atomic mass is 19.4. The van der Waals surface area contributed by atoms with Gasteiger partial charge in [0.15, 0.2) is 5.58 Å². The summed E-state index contributed by atoms with van der Waals surface area (Å²) in [6.45, 7) is 0.279. The van der Waals surface area contributed by atoms with Crippen LogP contribution in [-0.4, -0.2) is 30.1 Å². The Kier molecular flexibility index (Phi) is 4.58. The van der Waals surface area contributed by atoms with Gasteiger partial charge in [0.05, 0.1) is 11.4 Å². The van der Waals surface area contributed by atoms with Gasteiger partial charge in [0.2, 0.25) is 5.91 Å². The molecule has 1 amide bonds. The fourth-order valence-electron chi connectivity index (χ4n) is 3.03. The van der Waals surface area contributed by atoms with Crippen LogP contribution >= 0.6 is 0 Å². The summed E-state index contributed by atoms with van der Waals surface area (Å²) in [6, 6.07) is 10.8. The second-order valence-electron chi connectivity index (χ2n) is 6.38. The Morgan fingerprint density at radius 1 is 1.14 bits per heavy atom. The minimum atomic E-state index is -4.73. The molecule has 0 unspecified atom stereocenters. The highest BCUT2D eigenvalue weighted by Gasteiger charge is 2.31. The Morgan fingerprint density at radius 2 is 1.89 bits per heavy atom. The molecule has 0 saturated carbocycles. The number of amides is 1. The third kappa shape index (κ3) is 4.03. The lowest BCUT2D eigenvalue weighted by Gasteiger charge is -2.10. The van der Waals surface area contributed by atoms with Crippen molar-refractivity contribution in [3.05, 3.63) is 42.5 Å². The molecule has 28 heavy (non-hydrogen) atoms. The van der Waals surface area contributed by atoms with Crippen LogP contribution in [0.4, 0.5) is 13.2 Å². The van der Waals surface area contributed by atoms with Gasteiger partial charge in [-0.05, 0) is 47.0 Å². The van der Waals surface area contributed by atoms with Gasteiger partial charge in [-0.15, -0.1) is 13.2 Å². The van der Waals surface area contributed by atoms with Gasteiger partial charge in [-0.25, -0.2) is 0 Å². The van der Waals surface area contributed by atoms with Gasteiger partial charge in [0.1, 0.15) is 12.4 Å². The normalized spacial score (nSPS) is 17.0. The van der Waals surface area contributed by atoms with Gasteiger partial charge in [-0.1, -0.05) is 18.2 Å². The molecule has 2 aromatic carbocycles. The van der Waals surface area contributed by atoms with E-state index in [1.807, 2.05) is 0 Å². The molecule has 2 heterocycles. The molecule has 6 nitrogen and oxygen atoms in total. The highest BCUT2D eigenvalue weighted by molar-refractivity contribution is 5.87. The van der Waals surface area contributed by atoms with Crippen LogP contribution in [0, 0.1) is 0 Å². The monoisotopic (exact) mass is 392 g/mol. The lowest BCUT2D eigenvalue weighted by molar-refractivity contribution is -0.274. The average Bonchev–Trinajstić information content (AvgIpc) is 3.24. The number of carbonyl (C=O) groups excluding carboxylic acids is 1. The second kappa shape index (κ2) is 7.06. The third-order valence-corrected chi connectivity index (χ3v) is 4.36. The van der Waals surface area contributed by atoms with Crippen molar-refractivity contribution < 1.29 is 32.0 Å². The van der Waals surface area contributed by atoms with E-state index in [1.165, 1.54) is 24.3 Å². The van der Waals surface area contributed by atoms with Crippen molar-refractivity contribution in [2.45, 2.75) is 25.2 Å². The van der Waals surface area contributed by atoms with E-state index < -0.39 is 6.36 Å². The fraction of sp³-hybridized carbons (Fsp3) is 0.263. The number of halogens is 3. The average molecular weight is 392 g/mol. The molecular weight excluding hydrogens is 377 g/mol. The summed E-state index contributed by atoms with van der Waals surface area (Å²) in [7, 11) is 0. The van der Waals surface area contributed by atoms with Gasteiger partial charge >= 0.3 is 6.36 Å². The van der Waals surface area contributed by atoms with Crippen LogP contribution in [0.2, 0.25) is 0 Å². The highest BCUT2D eigenvalue weighted by Crippen LogP contribution is 2.32. The van der Waals surface area contributed by atoms with E-state index in [1.54, 1.807) is 18.2 Å². The Labute approximate surface area is 157 Å². The van der Waals surface area contributed by atoms with E-state index in [4.69, 9.17) is 9.26 Å². The van der Waals surface area contributed by atoms with Crippen molar-refractivity contribution in [3.8, 4) is 22.8 Å². The van der Waals surface area contributed by atoms with Gasteiger partial charge in [0.25, 0.3) is 5.88 Å². The molecule has 1 saturated heterocycles. The predicted octanol–water partition coefficient (Wildman–Crippen LogP) is 4.05. The maximum Gasteiger partial charge on any atom is 0.573 e. The zero-order valence-corrected chi connectivity index (χ0v) is 14.5. The Balaban J connectivity index is 1.53. The number of ether oxygens (including phenoxy) is 2. The minimum Gasteiger partial charge on any atom is -0.473 e. The van der Waals surface area contributed by atoms with E-state index >= 15 is 0 Å². The van der Waals surface area contributed by atoms with Crippen LogP contribution in [0.25, 0.3) is 22.1 Å². The summed E-state index contributed by atoms with van der Waals surface area (Å²) in [5, 5.41) is 7.35. The number of nitrogens with one attached hydrogen (secondary N) is 1. The van der Waals surface area contributed by atoms with Gasteiger partial charge in [-0.3, -0.25) is 4.79 Å². The SMILES string of the molecule is O=C1CC[C@@H](COc2noc3ccc(-c4ccc(OC(F)(F)F)cc4)cc23)N1. The second-order valence-corrected chi connectivity index (χ2v) is 6.38. The standard InChI is InChI=1S/C19H15F3N2O4/c20-19(21,22)27-14-5-1-11(2-6-14)12-3-7-16-15(9-12)18(24-28-16)26-10-13-4-8-17(25)23-13/h1-3,5-7,9,13H,4,8,10H2,(H,23,25)/t13-/m0/s1. The molecule has 0 bridgehead atoms. The summed E-state index contributed by atoms with van der Waals surface area (Å²) in [6.07, 6.45) is -3.55. The van der Waals surface area contributed by atoms with Crippen molar-refractivity contribution in [1.82, 2.24) is 10.5 Å². The van der Waals surface area contributed by atoms with Crippen molar-refractivity contribution in [2.24, 2.45) is 0 Å². The molecule has 1 fully saturated rings. The van der Waals surface area contributed by atoms with Crippen LogP contribution in [0.5, 0.6) is 11.6 Å². The number of carbonyl (C=O) groups is 1. The number of rotatable bonds is 5. The van der Waals surface area contributed by atoms with Crippen molar-refractivity contribution in [3.63, 3.8) is 0 Å². The van der Waals surface area contributed by atoms with Gasteiger partial charge in [-0.2, -0.15) is 0 Å². The lowest BCUT2D eigenvalue weighted by Crippen LogP contribution is -2.30. The first-order valence-corrected chi connectivity index (χ1v) is 8.55. The van der Waals surface area contributed by atoms with Crippen LogP contribution in [0.3, 0.4) is 0 Å². The van der Waals surface area contributed by atoms with Crippen LogP contribution in [-0.2, 0) is 4.79 Å². The maximum absolute atomic E-state index is 12.3. The van der Waals surface area contributed by atoms with Gasteiger partial charge < -0.3 is 19.3 Å². The number of alkyl halides is 3. The Hall–Kier alpha value is -3.23. The number of benzene rings is 2. The van der Waals surface area contributed by atoms with Crippen molar-refractivity contribution >= 4 is 16.9 Å². The largest absolute Gasteiger partial charge is 0.573 e. The summed E-state index contributed by atoms with van der Waals surface area (Å²) in [5.41, 5.74) is 1.98. The van der Waals surface area contributed by atoms with E-state index in [0.717, 1.165) is 5.56 Å². The minimum absolute atomic E-state index is 0.00107. The third-order valence-electron chi connectivity index (χ3n) is 4.36. The Morgan fingerprint density at radius 3 is 2.57 bits per heavy atom. The predicted molar refractivity (Wildman–Crippen MR) is 92.8 cm³/mol.